The van der Waals surface area contributed by atoms with Crippen molar-refractivity contribution in [3.63, 3.8) is 0 Å². The monoisotopic (exact) mass is 267 g/mol. The van der Waals surface area contributed by atoms with Gasteiger partial charge in [-0.05, 0) is 45.6 Å². The molecule has 104 valence electrons. The van der Waals surface area contributed by atoms with Gasteiger partial charge in [0.1, 0.15) is 5.82 Å². The molecule has 0 aliphatic heterocycles. The van der Waals surface area contributed by atoms with E-state index in [4.69, 9.17) is 9.97 Å². The van der Waals surface area contributed by atoms with Crippen LogP contribution in [0.1, 0.15) is 35.7 Å². The van der Waals surface area contributed by atoms with Crippen LogP contribution in [0.25, 0.3) is 11.4 Å². The summed E-state index contributed by atoms with van der Waals surface area (Å²) in [4.78, 5) is 9.58. The quantitative estimate of drug-likeness (QED) is 0.921. The maximum absolute atomic E-state index is 4.81. The predicted octanol–water partition coefficient (Wildman–Crippen LogP) is 3.68. The van der Waals surface area contributed by atoms with Gasteiger partial charge >= 0.3 is 0 Å². The summed E-state index contributed by atoms with van der Waals surface area (Å²) in [6.07, 6.45) is 3.37. The van der Waals surface area contributed by atoms with Crippen molar-refractivity contribution >= 4 is 5.82 Å². The molecule has 0 bridgehead atoms. The first-order valence-electron chi connectivity index (χ1n) is 7.40. The Labute approximate surface area is 120 Å². The minimum absolute atomic E-state index is 0.860. The van der Waals surface area contributed by atoms with Crippen molar-refractivity contribution in [3.05, 3.63) is 40.6 Å². The van der Waals surface area contributed by atoms with Crippen molar-refractivity contribution in [1.29, 1.82) is 0 Å². The van der Waals surface area contributed by atoms with Gasteiger partial charge in [-0.2, -0.15) is 0 Å². The number of aromatic nitrogens is 2. The fraction of sp³-hybridized carbons (Fsp3) is 0.412. The Balaban J connectivity index is 2.12. The molecule has 0 atom stereocenters. The van der Waals surface area contributed by atoms with Gasteiger partial charge in [-0.25, -0.2) is 9.97 Å². The fourth-order valence-electron chi connectivity index (χ4n) is 2.93. The Bertz CT molecular complexity index is 647. The van der Waals surface area contributed by atoms with Gasteiger partial charge in [0.2, 0.25) is 0 Å². The van der Waals surface area contributed by atoms with Crippen LogP contribution in [0.2, 0.25) is 0 Å². The first-order valence-corrected chi connectivity index (χ1v) is 7.40. The number of hydrogen-bond donors (Lipinski definition) is 1. The minimum Gasteiger partial charge on any atom is -0.370 e. The average Bonchev–Trinajstić information content (AvgIpc) is 2.87. The number of nitrogens with zero attached hydrogens (tertiary/aromatic N) is 2. The Hall–Kier alpha value is -1.90. The minimum atomic E-state index is 0.860. The van der Waals surface area contributed by atoms with E-state index >= 15 is 0 Å². The molecule has 3 heteroatoms. The summed E-state index contributed by atoms with van der Waals surface area (Å²) >= 11 is 0. The highest BCUT2D eigenvalue weighted by atomic mass is 15.0. The van der Waals surface area contributed by atoms with E-state index in [1.807, 2.05) is 0 Å². The number of hydrogen-bond acceptors (Lipinski definition) is 3. The molecule has 1 aromatic heterocycles. The van der Waals surface area contributed by atoms with Gasteiger partial charge in [0, 0.05) is 23.4 Å². The number of benzene rings is 1. The van der Waals surface area contributed by atoms with E-state index in [1.54, 1.807) is 0 Å². The van der Waals surface area contributed by atoms with Crippen molar-refractivity contribution in [2.45, 2.75) is 40.0 Å². The highest BCUT2D eigenvalue weighted by Gasteiger charge is 2.20. The van der Waals surface area contributed by atoms with Crippen LogP contribution in [0, 0.1) is 13.8 Å². The van der Waals surface area contributed by atoms with E-state index in [9.17, 15) is 0 Å². The summed E-state index contributed by atoms with van der Waals surface area (Å²) in [5.74, 6) is 1.89. The molecule has 3 rings (SSSR count). The van der Waals surface area contributed by atoms with Crippen molar-refractivity contribution in [3.8, 4) is 11.4 Å². The number of fused-ring (bicyclic) bond motifs is 1. The number of nitrogens with one attached hydrogen (secondary N) is 1. The Morgan fingerprint density at radius 2 is 2.00 bits per heavy atom. The fourth-order valence-corrected chi connectivity index (χ4v) is 2.93. The second kappa shape index (κ2) is 5.23. The van der Waals surface area contributed by atoms with Crippen LogP contribution < -0.4 is 5.32 Å². The normalized spacial score (nSPS) is 13.3. The molecule has 0 radical (unpaired) electrons. The van der Waals surface area contributed by atoms with Gasteiger partial charge < -0.3 is 5.32 Å². The molecule has 1 aromatic carbocycles. The van der Waals surface area contributed by atoms with Crippen molar-refractivity contribution < 1.29 is 0 Å². The van der Waals surface area contributed by atoms with Crippen LogP contribution in [-0.4, -0.2) is 16.5 Å². The summed E-state index contributed by atoms with van der Waals surface area (Å²) in [7, 11) is 0. The molecule has 0 spiro atoms. The highest BCUT2D eigenvalue weighted by molar-refractivity contribution is 5.64. The summed E-state index contributed by atoms with van der Waals surface area (Å²) in [6, 6.07) is 6.46. The summed E-state index contributed by atoms with van der Waals surface area (Å²) in [6.45, 7) is 7.26. The van der Waals surface area contributed by atoms with Crippen LogP contribution >= 0.6 is 0 Å². The third-order valence-corrected chi connectivity index (χ3v) is 3.90. The second-order valence-electron chi connectivity index (χ2n) is 5.52. The van der Waals surface area contributed by atoms with E-state index < -0.39 is 0 Å². The molecule has 1 aliphatic rings. The van der Waals surface area contributed by atoms with E-state index in [0.29, 0.717) is 0 Å². The van der Waals surface area contributed by atoms with Gasteiger partial charge in [0.15, 0.2) is 5.82 Å². The number of rotatable bonds is 3. The molecule has 20 heavy (non-hydrogen) atoms. The lowest BCUT2D eigenvalue weighted by Crippen LogP contribution is -2.07. The molecule has 0 amide bonds. The smallest absolute Gasteiger partial charge is 0.162 e. The largest absolute Gasteiger partial charge is 0.370 e. The molecule has 0 saturated carbocycles. The lowest BCUT2D eigenvalue weighted by atomic mass is 10.0. The third-order valence-electron chi connectivity index (χ3n) is 3.90. The molecule has 1 N–H and O–H groups in total. The standard InChI is InChI=1S/C17H21N3/c1-4-18-16-14-6-5-7-15(14)19-17(20-16)13-9-8-11(2)10-12(13)3/h8-10H,4-7H2,1-3H3,(H,18,19,20). The van der Waals surface area contributed by atoms with E-state index in [2.05, 4.69) is 44.3 Å². The molecule has 3 nitrogen and oxygen atoms in total. The van der Waals surface area contributed by atoms with Crippen LogP contribution in [0.5, 0.6) is 0 Å². The van der Waals surface area contributed by atoms with E-state index in [-0.39, 0.29) is 0 Å². The summed E-state index contributed by atoms with van der Waals surface area (Å²) in [5, 5.41) is 3.40. The first kappa shape index (κ1) is 13.1. The van der Waals surface area contributed by atoms with Gasteiger partial charge in [-0.1, -0.05) is 23.8 Å². The number of anilines is 1. The van der Waals surface area contributed by atoms with Crippen LogP contribution in [0.3, 0.4) is 0 Å². The molecule has 0 fully saturated rings. The molecular formula is C17H21N3. The zero-order valence-corrected chi connectivity index (χ0v) is 12.5. The molecule has 1 heterocycles. The van der Waals surface area contributed by atoms with Gasteiger partial charge in [-0.3, -0.25) is 0 Å². The van der Waals surface area contributed by atoms with Crippen molar-refractivity contribution in [1.82, 2.24) is 9.97 Å². The average molecular weight is 267 g/mol. The summed E-state index contributed by atoms with van der Waals surface area (Å²) in [5.41, 5.74) is 6.21. The topological polar surface area (TPSA) is 37.8 Å². The second-order valence-corrected chi connectivity index (χ2v) is 5.52. The van der Waals surface area contributed by atoms with Gasteiger partial charge in [-0.15, -0.1) is 0 Å². The SMILES string of the molecule is CCNc1nc(-c2ccc(C)cc2C)nc2c1CCC2. The molecule has 1 aliphatic carbocycles. The molecule has 2 aromatic rings. The summed E-state index contributed by atoms with van der Waals surface area (Å²) < 4.78 is 0. The maximum Gasteiger partial charge on any atom is 0.162 e. The maximum atomic E-state index is 4.81. The van der Waals surface area contributed by atoms with E-state index in [1.165, 1.54) is 28.8 Å². The zero-order valence-electron chi connectivity index (χ0n) is 12.5. The number of aryl methyl sites for hydroxylation is 3. The third kappa shape index (κ3) is 2.28. The predicted molar refractivity (Wildman–Crippen MR) is 83.1 cm³/mol. The Morgan fingerprint density at radius 3 is 2.75 bits per heavy atom. The zero-order chi connectivity index (χ0) is 14.1. The van der Waals surface area contributed by atoms with Crippen LogP contribution in [0.4, 0.5) is 5.82 Å². The van der Waals surface area contributed by atoms with E-state index in [0.717, 1.165) is 36.6 Å². The van der Waals surface area contributed by atoms with Crippen LogP contribution in [0.15, 0.2) is 18.2 Å². The molecular weight excluding hydrogens is 246 g/mol. The molecule has 0 unspecified atom stereocenters. The van der Waals surface area contributed by atoms with Gasteiger partial charge in [0.05, 0.1) is 0 Å². The van der Waals surface area contributed by atoms with Crippen molar-refractivity contribution in [2.24, 2.45) is 0 Å². The molecule has 0 saturated heterocycles. The first-order chi connectivity index (χ1) is 9.69. The van der Waals surface area contributed by atoms with Gasteiger partial charge in [0.25, 0.3) is 0 Å². The van der Waals surface area contributed by atoms with Crippen LogP contribution in [-0.2, 0) is 12.8 Å². The highest BCUT2D eigenvalue weighted by Crippen LogP contribution is 2.30. The Morgan fingerprint density at radius 1 is 1.15 bits per heavy atom. The van der Waals surface area contributed by atoms with Crippen molar-refractivity contribution in [2.75, 3.05) is 11.9 Å². The lowest BCUT2D eigenvalue weighted by Gasteiger charge is -2.12. The Kier molecular flexibility index (Phi) is 3.43. The lowest BCUT2D eigenvalue weighted by molar-refractivity contribution is 0.899.